The molecule has 1 atom stereocenters. The Kier molecular flexibility index (Phi) is 6.27. The van der Waals surface area contributed by atoms with Gasteiger partial charge in [-0.25, -0.2) is 4.98 Å². The van der Waals surface area contributed by atoms with Crippen LogP contribution in [0.5, 0.6) is 0 Å². The number of aliphatic hydroxyl groups excluding tert-OH is 1. The number of amides is 1. The first kappa shape index (κ1) is 23.2. The summed E-state index contributed by atoms with van der Waals surface area (Å²) in [6.07, 6.45) is 6.50. The fourth-order valence-electron chi connectivity index (χ4n) is 5.17. The average molecular weight is 491 g/mol. The maximum atomic E-state index is 12.6. The van der Waals surface area contributed by atoms with Gasteiger partial charge in [-0.1, -0.05) is 12.1 Å². The number of nitrogens with zero attached hydrogens (tertiary/aromatic N) is 4. The van der Waals surface area contributed by atoms with Crippen molar-refractivity contribution >= 4 is 23.2 Å². The van der Waals surface area contributed by atoms with E-state index in [-0.39, 0.29) is 12.0 Å². The number of anilines is 2. The summed E-state index contributed by atoms with van der Waals surface area (Å²) in [5, 5.41) is 21.5. The summed E-state index contributed by atoms with van der Waals surface area (Å²) < 4.78 is 7.38. The predicted molar refractivity (Wildman–Crippen MR) is 139 cm³/mol. The van der Waals surface area contributed by atoms with Crippen LogP contribution >= 0.6 is 0 Å². The van der Waals surface area contributed by atoms with Gasteiger partial charge in [0.25, 0.3) is 5.91 Å². The van der Waals surface area contributed by atoms with Gasteiger partial charge in [0.05, 0.1) is 12.3 Å². The summed E-state index contributed by atoms with van der Waals surface area (Å²) in [6.45, 7) is 5.81. The van der Waals surface area contributed by atoms with Crippen LogP contribution in [0, 0.1) is 12.8 Å². The van der Waals surface area contributed by atoms with E-state index in [9.17, 15) is 9.90 Å². The normalized spacial score (nSPS) is 20.7. The molecule has 9 heteroatoms. The fourth-order valence-corrected chi connectivity index (χ4v) is 5.17. The second-order valence-electron chi connectivity index (χ2n) is 10.4. The zero-order chi connectivity index (χ0) is 24.6. The summed E-state index contributed by atoms with van der Waals surface area (Å²) in [7, 11) is 0. The minimum atomic E-state index is -0.331. The number of aromatic nitrogens is 3. The van der Waals surface area contributed by atoms with Crippen molar-refractivity contribution in [3.8, 4) is 11.1 Å². The zero-order valence-corrected chi connectivity index (χ0v) is 20.7. The topological polar surface area (TPSA) is 104 Å². The standard InChI is InChI=1S/C27H34N6O3/c1-17-12-19(2-5-22(17)27(35)30-20-3-4-20)23-15-29-33-24(28-14-18-7-10-36-11-8-18)13-25(31-26(23)33)32-9-6-21(34)16-32/h2,5,12-13,15,18,20-21,28,34H,3-4,6-11,14,16H2,1H3,(H,30,35). The van der Waals surface area contributed by atoms with Crippen LogP contribution in [0.4, 0.5) is 11.6 Å². The molecule has 1 aliphatic carbocycles. The van der Waals surface area contributed by atoms with Crippen molar-refractivity contribution in [2.75, 3.05) is 43.1 Å². The van der Waals surface area contributed by atoms with Crippen LogP contribution in [-0.4, -0.2) is 70.6 Å². The Morgan fingerprint density at radius 1 is 1.17 bits per heavy atom. The van der Waals surface area contributed by atoms with E-state index in [0.29, 0.717) is 24.1 Å². The lowest BCUT2D eigenvalue weighted by Crippen LogP contribution is -2.26. The first-order chi connectivity index (χ1) is 17.5. The Balaban J connectivity index is 1.34. The predicted octanol–water partition coefficient (Wildman–Crippen LogP) is 3.01. The highest BCUT2D eigenvalue weighted by molar-refractivity contribution is 5.97. The first-order valence-corrected chi connectivity index (χ1v) is 13.1. The highest BCUT2D eigenvalue weighted by atomic mass is 16.5. The maximum Gasteiger partial charge on any atom is 0.251 e. The molecule has 3 N–H and O–H groups in total. The van der Waals surface area contributed by atoms with E-state index in [1.807, 2.05) is 41.9 Å². The minimum Gasteiger partial charge on any atom is -0.391 e. The van der Waals surface area contributed by atoms with Crippen LogP contribution < -0.4 is 15.5 Å². The van der Waals surface area contributed by atoms with Crippen molar-refractivity contribution in [2.24, 2.45) is 5.92 Å². The van der Waals surface area contributed by atoms with E-state index < -0.39 is 0 Å². The number of rotatable bonds is 7. The second-order valence-corrected chi connectivity index (χ2v) is 10.4. The number of aliphatic hydroxyl groups is 1. The van der Waals surface area contributed by atoms with Crippen LogP contribution in [0.3, 0.4) is 0 Å². The number of ether oxygens (including phenoxy) is 1. The summed E-state index contributed by atoms with van der Waals surface area (Å²) >= 11 is 0. The number of hydrogen-bond donors (Lipinski definition) is 3. The van der Waals surface area contributed by atoms with Gasteiger partial charge in [-0.15, -0.1) is 0 Å². The van der Waals surface area contributed by atoms with Gasteiger partial charge in [0.1, 0.15) is 11.6 Å². The molecule has 0 bridgehead atoms. The van der Waals surface area contributed by atoms with Crippen molar-refractivity contribution in [3.05, 3.63) is 41.6 Å². The summed E-state index contributed by atoms with van der Waals surface area (Å²) in [6, 6.07) is 8.29. The van der Waals surface area contributed by atoms with Gasteiger partial charge in [-0.3, -0.25) is 4.79 Å². The molecule has 2 aromatic heterocycles. The Bertz CT molecular complexity index is 1260. The summed E-state index contributed by atoms with van der Waals surface area (Å²) in [4.78, 5) is 19.7. The number of hydrogen-bond acceptors (Lipinski definition) is 7. The number of β-amino-alcohol motifs (C(OH)–C–C–N with tert-alkyl or cyclic N) is 1. The van der Waals surface area contributed by atoms with E-state index in [0.717, 1.165) is 92.4 Å². The highest BCUT2D eigenvalue weighted by Gasteiger charge is 2.26. The van der Waals surface area contributed by atoms with Gasteiger partial charge < -0.3 is 25.4 Å². The molecule has 190 valence electrons. The third-order valence-electron chi connectivity index (χ3n) is 7.55. The SMILES string of the molecule is Cc1cc(-c2cnn3c(NCC4CCOCC4)cc(N4CCC(O)C4)nc23)ccc1C(=O)NC1CC1. The van der Waals surface area contributed by atoms with Crippen molar-refractivity contribution in [2.45, 2.75) is 51.2 Å². The molecule has 0 radical (unpaired) electrons. The number of aryl methyl sites for hydroxylation is 1. The maximum absolute atomic E-state index is 12.6. The first-order valence-electron chi connectivity index (χ1n) is 13.1. The lowest BCUT2D eigenvalue weighted by atomic mass is 10.0. The van der Waals surface area contributed by atoms with Crippen molar-refractivity contribution in [1.82, 2.24) is 19.9 Å². The van der Waals surface area contributed by atoms with E-state index in [1.54, 1.807) is 0 Å². The molecule has 36 heavy (non-hydrogen) atoms. The van der Waals surface area contributed by atoms with Crippen molar-refractivity contribution < 1.29 is 14.6 Å². The molecule has 4 heterocycles. The molecule has 1 aromatic carbocycles. The molecule has 3 aliphatic rings. The summed E-state index contributed by atoms with van der Waals surface area (Å²) in [5.74, 6) is 2.29. The average Bonchev–Trinajstić information content (AvgIpc) is 3.41. The van der Waals surface area contributed by atoms with E-state index in [1.165, 1.54) is 0 Å². The molecule has 1 amide bonds. The zero-order valence-electron chi connectivity index (χ0n) is 20.7. The van der Waals surface area contributed by atoms with Gasteiger partial charge in [-0.2, -0.15) is 9.61 Å². The molecule has 2 saturated heterocycles. The van der Waals surface area contributed by atoms with Gasteiger partial charge in [0, 0.05) is 56.1 Å². The molecule has 3 aromatic rings. The Hall–Kier alpha value is -3.17. The Morgan fingerprint density at radius 3 is 2.72 bits per heavy atom. The third kappa shape index (κ3) is 4.77. The molecule has 9 nitrogen and oxygen atoms in total. The van der Waals surface area contributed by atoms with Gasteiger partial charge in [-0.05, 0) is 62.1 Å². The lowest BCUT2D eigenvalue weighted by Gasteiger charge is -2.23. The largest absolute Gasteiger partial charge is 0.391 e. The number of benzene rings is 1. The van der Waals surface area contributed by atoms with E-state index >= 15 is 0 Å². The molecule has 6 rings (SSSR count). The molecule has 1 saturated carbocycles. The van der Waals surface area contributed by atoms with Crippen LogP contribution in [0.15, 0.2) is 30.5 Å². The second kappa shape index (κ2) is 9.71. The van der Waals surface area contributed by atoms with Gasteiger partial charge in [0.15, 0.2) is 5.65 Å². The Morgan fingerprint density at radius 2 is 2.00 bits per heavy atom. The molecule has 3 fully saturated rings. The smallest absolute Gasteiger partial charge is 0.251 e. The molecular weight excluding hydrogens is 456 g/mol. The minimum absolute atomic E-state index is 0.00554. The quantitative estimate of drug-likeness (QED) is 0.468. The fraction of sp³-hybridized carbons (Fsp3) is 0.519. The van der Waals surface area contributed by atoms with Gasteiger partial charge >= 0.3 is 0 Å². The monoisotopic (exact) mass is 490 g/mol. The number of carbonyl (C=O) groups is 1. The Labute approximate surface area is 210 Å². The lowest BCUT2D eigenvalue weighted by molar-refractivity contribution is 0.0699. The summed E-state index contributed by atoms with van der Waals surface area (Å²) in [5.41, 5.74) is 4.30. The van der Waals surface area contributed by atoms with Crippen LogP contribution in [0.25, 0.3) is 16.8 Å². The highest BCUT2D eigenvalue weighted by Crippen LogP contribution is 2.31. The van der Waals surface area contributed by atoms with Gasteiger partial charge in [0.2, 0.25) is 0 Å². The van der Waals surface area contributed by atoms with Crippen LogP contribution in [0.1, 0.15) is 48.0 Å². The number of nitrogens with one attached hydrogen (secondary N) is 2. The number of carbonyl (C=O) groups excluding carboxylic acids is 1. The third-order valence-corrected chi connectivity index (χ3v) is 7.55. The van der Waals surface area contributed by atoms with E-state index in [4.69, 9.17) is 14.8 Å². The molecular formula is C27H34N6O3. The molecule has 0 spiro atoms. The van der Waals surface area contributed by atoms with Crippen molar-refractivity contribution in [1.29, 1.82) is 0 Å². The molecule has 2 aliphatic heterocycles. The van der Waals surface area contributed by atoms with Crippen LogP contribution in [-0.2, 0) is 4.74 Å². The van der Waals surface area contributed by atoms with E-state index in [2.05, 4.69) is 15.5 Å². The van der Waals surface area contributed by atoms with Crippen LogP contribution in [0.2, 0.25) is 0 Å². The van der Waals surface area contributed by atoms with Crippen molar-refractivity contribution in [3.63, 3.8) is 0 Å². The number of fused-ring (bicyclic) bond motifs is 1. The molecule has 1 unspecified atom stereocenters.